The molecule has 132 valence electrons. The second kappa shape index (κ2) is 8.19. The predicted molar refractivity (Wildman–Crippen MR) is 103 cm³/mol. The molecule has 1 aromatic heterocycles. The number of furan rings is 1. The number of nitrogens with two attached hydrogens (primary N) is 1. The van der Waals surface area contributed by atoms with Crippen LogP contribution in [-0.4, -0.2) is 17.9 Å². The molecule has 1 amide bonds. The highest BCUT2D eigenvalue weighted by atomic mass is 35.5. The number of carbonyl (C=O) groups excluding carboxylic acids is 1. The second-order valence-electron chi connectivity index (χ2n) is 5.92. The molecule has 0 saturated carbocycles. The number of hydrogen-bond donors (Lipinski definition) is 1. The minimum Gasteiger partial charge on any atom is -0.461 e. The van der Waals surface area contributed by atoms with Gasteiger partial charge in [-0.1, -0.05) is 37.3 Å². The molecular weight excluding hydrogens is 336 g/mol. The zero-order valence-electron chi connectivity index (χ0n) is 14.5. The normalized spacial score (nSPS) is 10.5. The molecule has 0 spiro atoms. The van der Waals surface area contributed by atoms with Gasteiger partial charge in [0.25, 0.3) is 5.91 Å². The van der Waals surface area contributed by atoms with E-state index in [1.165, 1.54) is 0 Å². The van der Waals surface area contributed by atoms with Gasteiger partial charge >= 0.3 is 0 Å². The summed E-state index contributed by atoms with van der Waals surface area (Å²) >= 11 is 0. The number of hydrogen-bond acceptors (Lipinski definition) is 3. The first-order valence-electron chi connectivity index (χ1n) is 8.17. The molecule has 0 aliphatic heterocycles. The average molecular weight is 359 g/mol. The largest absolute Gasteiger partial charge is 0.461 e. The molecule has 0 unspecified atom stereocenters. The summed E-state index contributed by atoms with van der Waals surface area (Å²) in [5.41, 5.74) is 9.25. The van der Waals surface area contributed by atoms with Gasteiger partial charge < -0.3 is 15.1 Å². The molecule has 0 saturated heterocycles. The van der Waals surface area contributed by atoms with E-state index in [1.807, 2.05) is 55.6 Å². The molecule has 0 radical (unpaired) electrons. The maximum atomic E-state index is 12.7. The second-order valence-corrected chi connectivity index (χ2v) is 5.92. The molecule has 2 aromatic carbocycles. The third-order valence-corrected chi connectivity index (χ3v) is 4.28. The van der Waals surface area contributed by atoms with Gasteiger partial charge in [-0.2, -0.15) is 0 Å². The summed E-state index contributed by atoms with van der Waals surface area (Å²) in [6, 6.07) is 15.4. The summed E-state index contributed by atoms with van der Waals surface area (Å²) in [6.45, 7) is 3.07. The average Bonchev–Trinajstić information content (AvgIpc) is 2.99. The standard InChI is InChI=1S/C20H22N2O2.ClH/c1-3-18-17(16-6-4-5-7-19(16)24-18)13-22(2)20(23)15-10-8-14(12-21)9-11-15;/h4-11H,3,12-13,21H2,1-2H3;1H. The van der Waals surface area contributed by atoms with Gasteiger partial charge in [0, 0.05) is 43.1 Å². The topological polar surface area (TPSA) is 59.5 Å². The summed E-state index contributed by atoms with van der Waals surface area (Å²) in [6.07, 6.45) is 0.803. The molecule has 25 heavy (non-hydrogen) atoms. The van der Waals surface area contributed by atoms with Crippen molar-refractivity contribution in [2.45, 2.75) is 26.4 Å². The fraction of sp³-hybridized carbons (Fsp3) is 0.250. The van der Waals surface area contributed by atoms with Gasteiger partial charge in [-0.05, 0) is 23.8 Å². The van der Waals surface area contributed by atoms with E-state index in [2.05, 4.69) is 6.92 Å². The zero-order chi connectivity index (χ0) is 17.1. The van der Waals surface area contributed by atoms with E-state index in [1.54, 1.807) is 4.90 Å². The Hall–Kier alpha value is -2.30. The number of halogens is 1. The quantitative estimate of drug-likeness (QED) is 0.745. The van der Waals surface area contributed by atoms with Crippen molar-refractivity contribution in [2.24, 2.45) is 5.73 Å². The molecule has 3 aromatic rings. The Morgan fingerprint density at radius 2 is 1.80 bits per heavy atom. The van der Waals surface area contributed by atoms with Gasteiger partial charge in [0.05, 0.1) is 0 Å². The van der Waals surface area contributed by atoms with E-state index in [9.17, 15) is 4.79 Å². The third kappa shape index (κ3) is 3.86. The molecular formula is C20H23ClN2O2. The van der Waals surface area contributed by atoms with Gasteiger partial charge in [0.15, 0.2) is 0 Å². The van der Waals surface area contributed by atoms with Crippen LogP contribution in [0, 0.1) is 0 Å². The smallest absolute Gasteiger partial charge is 0.253 e. The molecule has 0 atom stereocenters. The molecule has 0 fully saturated rings. The summed E-state index contributed by atoms with van der Waals surface area (Å²) in [7, 11) is 1.82. The lowest BCUT2D eigenvalue weighted by atomic mass is 10.1. The number of fused-ring (bicyclic) bond motifs is 1. The molecule has 0 aliphatic rings. The first-order chi connectivity index (χ1) is 11.6. The summed E-state index contributed by atoms with van der Waals surface area (Å²) in [4.78, 5) is 14.4. The van der Waals surface area contributed by atoms with Crippen molar-refractivity contribution in [3.05, 3.63) is 71.0 Å². The van der Waals surface area contributed by atoms with Crippen molar-refractivity contribution >= 4 is 29.3 Å². The lowest BCUT2D eigenvalue weighted by molar-refractivity contribution is 0.0785. The molecule has 3 rings (SSSR count). The first-order valence-corrected chi connectivity index (χ1v) is 8.17. The molecule has 0 bridgehead atoms. The number of benzene rings is 2. The van der Waals surface area contributed by atoms with Crippen molar-refractivity contribution in [3.63, 3.8) is 0 Å². The third-order valence-electron chi connectivity index (χ3n) is 4.28. The van der Waals surface area contributed by atoms with Gasteiger partial charge in [0.1, 0.15) is 11.3 Å². The fourth-order valence-corrected chi connectivity index (χ4v) is 2.92. The van der Waals surface area contributed by atoms with E-state index >= 15 is 0 Å². The highest BCUT2D eigenvalue weighted by Gasteiger charge is 2.18. The van der Waals surface area contributed by atoms with Crippen LogP contribution in [0.1, 0.15) is 34.2 Å². The van der Waals surface area contributed by atoms with Crippen LogP contribution in [0.15, 0.2) is 52.9 Å². The monoisotopic (exact) mass is 358 g/mol. The van der Waals surface area contributed by atoms with E-state index < -0.39 is 0 Å². The number of aryl methyl sites for hydroxylation is 1. The molecule has 1 heterocycles. The number of nitrogens with zero attached hydrogens (tertiary/aromatic N) is 1. The fourth-order valence-electron chi connectivity index (χ4n) is 2.92. The lowest BCUT2D eigenvalue weighted by Crippen LogP contribution is -2.26. The minimum absolute atomic E-state index is 0. The van der Waals surface area contributed by atoms with Crippen LogP contribution < -0.4 is 5.73 Å². The Labute approximate surface area is 154 Å². The van der Waals surface area contributed by atoms with Gasteiger partial charge in [0.2, 0.25) is 0 Å². The Morgan fingerprint density at radius 1 is 1.12 bits per heavy atom. The predicted octanol–water partition coefficient (Wildman–Crippen LogP) is 4.15. The number of para-hydroxylation sites is 1. The number of amides is 1. The van der Waals surface area contributed by atoms with Crippen LogP contribution in [0.4, 0.5) is 0 Å². The van der Waals surface area contributed by atoms with Crippen molar-refractivity contribution in [1.82, 2.24) is 4.90 Å². The molecule has 5 heteroatoms. The van der Waals surface area contributed by atoms with E-state index in [0.717, 1.165) is 34.3 Å². The van der Waals surface area contributed by atoms with E-state index in [-0.39, 0.29) is 18.3 Å². The zero-order valence-corrected chi connectivity index (χ0v) is 15.3. The molecule has 4 nitrogen and oxygen atoms in total. The van der Waals surface area contributed by atoms with Gasteiger partial charge in [-0.15, -0.1) is 12.4 Å². The van der Waals surface area contributed by atoms with Crippen LogP contribution in [0.25, 0.3) is 11.0 Å². The Balaban J connectivity index is 0.00000225. The van der Waals surface area contributed by atoms with Crippen molar-refractivity contribution < 1.29 is 9.21 Å². The number of rotatable bonds is 5. The summed E-state index contributed by atoms with van der Waals surface area (Å²) < 4.78 is 5.91. The minimum atomic E-state index is -0.00842. The Morgan fingerprint density at radius 3 is 2.44 bits per heavy atom. The maximum Gasteiger partial charge on any atom is 0.253 e. The Bertz CT molecular complexity index is 856. The van der Waals surface area contributed by atoms with Crippen LogP contribution in [-0.2, 0) is 19.5 Å². The lowest BCUT2D eigenvalue weighted by Gasteiger charge is -2.17. The SMILES string of the molecule is CCc1oc2ccccc2c1CN(C)C(=O)c1ccc(CN)cc1.Cl. The Kier molecular flexibility index (Phi) is 6.23. The maximum absolute atomic E-state index is 12.7. The summed E-state index contributed by atoms with van der Waals surface area (Å²) in [5.74, 6) is 0.931. The van der Waals surface area contributed by atoms with Crippen LogP contribution in [0.5, 0.6) is 0 Å². The van der Waals surface area contributed by atoms with E-state index in [4.69, 9.17) is 10.2 Å². The van der Waals surface area contributed by atoms with Crippen LogP contribution in [0.3, 0.4) is 0 Å². The molecule has 0 aliphatic carbocycles. The van der Waals surface area contributed by atoms with Crippen molar-refractivity contribution in [1.29, 1.82) is 0 Å². The van der Waals surface area contributed by atoms with Gasteiger partial charge in [-0.25, -0.2) is 0 Å². The van der Waals surface area contributed by atoms with E-state index in [0.29, 0.717) is 18.7 Å². The molecule has 2 N–H and O–H groups in total. The van der Waals surface area contributed by atoms with Crippen LogP contribution in [0.2, 0.25) is 0 Å². The van der Waals surface area contributed by atoms with Crippen molar-refractivity contribution in [2.75, 3.05) is 7.05 Å². The van der Waals surface area contributed by atoms with Crippen molar-refractivity contribution in [3.8, 4) is 0 Å². The van der Waals surface area contributed by atoms with Crippen LogP contribution >= 0.6 is 12.4 Å². The van der Waals surface area contributed by atoms with Gasteiger partial charge in [-0.3, -0.25) is 4.79 Å². The summed E-state index contributed by atoms with van der Waals surface area (Å²) in [5, 5.41) is 1.08. The highest BCUT2D eigenvalue weighted by Crippen LogP contribution is 2.27. The number of carbonyl (C=O) groups is 1. The first kappa shape index (κ1) is 19.0. The highest BCUT2D eigenvalue weighted by molar-refractivity contribution is 5.94.